The lowest BCUT2D eigenvalue weighted by molar-refractivity contribution is -0.139. The summed E-state index contributed by atoms with van der Waals surface area (Å²) in [6.45, 7) is 3.26. The molecule has 0 radical (unpaired) electrons. The van der Waals surface area contributed by atoms with E-state index in [0.717, 1.165) is 6.07 Å². The zero-order valence-corrected chi connectivity index (χ0v) is 14.6. The van der Waals surface area contributed by atoms with Gasteiger partial charge in [0.25, 0.3) is 0 Å². The summed E-state index contributed by atoms with van der Waals surface area (Å²) in [7, 11) is -3.35. The van der Waals surface area contributed by atoms with Crippen LogP contribution in [0.15, 0.2) is 18.2 Å². The van der Waals surface area contributed by atoms with Gasteiger partial charge in [0.15, 0.2) is 0 Å². The summed E-state index contributed by atoms with van der Waals surface area (Å²) in [5.74, 6) is -1.96. The summed E-state index contributed by atoms with van der Waals surface area (Å²) in [4.78, 5) is 11.7. The minimum absolute atomic E-state index is 0.0338. The highest BCUT2D eigenvalue weighted by atomic mass is 32.2. The Hall–Kier alpha value is -1.68. The third-order valence-electron chi connectivity index (χ3n) is 3.31. The molecule has 0 unspecified atom stereocenters. The average Bonchev–Trinajstić information content (AvgIpc) is 2.45. The van der Waals surface area contributed by atoms with Crippen molar-refractivity contribution in [2.24, 2.45) is 0 Å². The summed E-state index contributed by atoms with van der Waals surface area (Å²) in [5.41, 5.74) is -1.47. The third-order valence-corrected chi connectivity index (χ3v) is 5.16. The number of anilines is 1. The molecule has 0 atom stereocenters. The number of carbonyl (C=O) groups excluding carboxylic acids is 1. The number of unbranched alkanes of at least 4 members (excludes halogenated alkanes) is 1. The quantitative estimate of drug-likeness (QED) is 0.534. The van der Waals surface area contributed by atoms with Crippen LogP contribution < -0.4 is 10.0 Å². The van der Waals surface area contributed by atoms with E-state index in [2.05, 4.69) is 10.0 Å². The normalized spacial score (nSPS) is 12.4. The Morgan fingerprint density at radius 3 is 2.36 bits per heavy atom. The molecule has 1 aromatic carbocycles. The first-order valence-corrected chi connectivity index (χ1v) is 9.13. The Kier molecular flexibility index (Phi) is 7.36. The third kappa shape index (κ3) is 6.99. The van der Waals surface area contributed by atoms with Crippen molar-refractivity contribution >= 4 is 21.6 Å². The smallest absolute Gasteiger partial charge is 0.326 e. The average molecular weight is 384 g/mol. The molecule has 0 spiro atoms. The van der Waals surface area contributed by atoms with Crippen molar-refractivity contribution in [2.75, 3.05) is 11.9 Å². The van der Waals surface area contributed by atoms with E-state index in [1.165, 1.54) is 0 Å². The van der Waals surface area contributed by atoms with E-state index in [1.54, 1.807) is 13.8 Å². The summed E-state index contributed by atoms with van der Waals surface area (Å²) in [6.07, 6.45) is -3.97. The van der Waals surface area contributed by atoms with Gasteiger partial charge in [-0.2, -0.15) is 13.2 Å². The van der Waals surface area contributed by atoms with E-state index in [9.17, 15) is 30.8 Å². The molecule has 0 saturated heterocycles. The molecule has 0 aliphatic carbocycles. The molecule has 1 amide bonds. The lowest BCUT2D eigenvalue weighted by atomic mass is 10.1. The number of benzene rings is 1. The van der Waals surface area contributed by atoms with Crippen molar-refractivity contribution in [3.05, 3.63) is 29.6 Å². The maximum absolute atomic E-state index is 13.4. The molecule has 1 rings (SSSR count). The molecule has 0 fully saturated rings. The highest BCUT2D eigenvalue weighted by Crippen LogP contribution is 2.32. The van der Waals surface area contributed by atoms with Gasteiger partial charge in [0.1, 0.15) is 5.82 Å². The molecule has 10 heteroatoms. The maximum Gasteiger partial charge on any atom is 0.419 e. The summed E-state index contributed by atoms with van der Waals surface area (Å²) >= 11 is 0. The predicted molar refractivity (Wildman–Crippen MR) is 85.9 cm³/mol. The van der Waals surface area contributed by atoms with Crippen molar-refractivity contribution in [3.63, 3.8) is 0 Å². The van der Waals surface area contributed by atoms with Crippen molar-refractivity contribution in [3.8, 4) is 0 Å². The number of rotatable bonds is 8. The Balaban J connectivity index is 2.42. The van der Waals surface area contributed by atoms with Crippen LogP contribution in [0, 0.1) is 5.82 Å². The minimum atomic E-state index is -4.80. The molecule has 1 aromatic rings. The van der Waals surface area contributed by atoms with Crippen LogP contribution in [-0.2, 0) is 21.0 Å². The molecule has 2 N–H and O–H groups in total. The second kappa shape index (κ2) is 8.61. The van der Waals surface area contributed by atoms with Gasteiger partial charge < -0.3 is 5.32 Å². The molecule has 0 aromatic heterocycles. The minimum Gasteiger partial charge on any atom is -0.326 e. The fourth-order valence-corrected chi connectivity index (χ4v) is 2.60. The number of carbonyl (C=O) groups is 1. The van der Waals surface area contributed by atoms with Crippen molar-refractivity contribution in [1.29, 1.82) is 0 Å². The zero-order chi connectivity index (χ0) is 19.3. The van der Waals surface area contributed by atoms with Gasteiger partial charge in [0, 0.05) is 18.7 Å². The van der Waals surface area contributed by atoms with E-state index >= 15 is 0 Å². The molecule has 0 aliphatic heterocycles. The van der Waals surface area contributed by atoms with Crippen LogP contribution in [-0.4, -0.2) is 26.1 Å². The van der Waals surface area contributed by atoms with Gasteiger partial charge in [0.2, 0.25) is 15.9 Å². The fourth-order valence-electron chi connectivity index (χ4n) is 1.84. The molecule has 0 heterocycles. The van der Waals surface area contributed by atoms with Gasteiger partial charge in [-0.25, -0.2) is 17.5 Å². The van der Waals surface area contributed by atoms with E-state index in [0.29, 0.717) is 25.0 Å². The molecular formula is C15H20F4N2O3S. The van der Waals surface area contributed by atoms with E-state index in [1.807, 2.05) is 0 Å². The number of amides is 1. The second-order valence-electron chi connectivity index (χ2n) is 5.69. The monoisotopic (exact) mass is 384 g/mol. The Morgan fingerprint density at radius 1 is 1.20 bits per heavy atom. The van der Waals surface area contributed by atoms with Crippen LogP contribution in [0.2, 0.25) is 0 Å². The SMILES string of the molecule is CC(C)S(=O)(=O)NCCCCC(=O)Nc1ccc(C(F)(F)F)c(F)c1. The fraction of sp³-hybridized carbons (Fsp3) is 0.533. The largest absolute Gasteiger partial charge is 0.419 e. The Bertz CT molecular complexity index is 703. The first-order valence-electron chi connectivity index (χ1n) is 7.58. The van der Waals surface area contributed by atoms with Crippen molar-refractivity contribution in [1.82, 2.24) is 4.72 Å². The first kappa shape index (κ1) is 21.4. The van der Waals surface area contributed by atoms with Gasteiger partial charge in [-0.1, -0.05) is 0 Å². The van der Waals surface area contributed by atoms with Gasteiger partial charge >= 0.3 is 6.18 Å². The molecule has 0 saturated carbocycles. The second-order valence-corrected chi connectivity index (χ2v) is 8.01. The lowest BCUT2D eigenvalue weighted by Gasteiger charge is -2.11. The van der Waals surface area contributed by atoms with Gasteiger partial charge in [0.05, 0.1) is 10.8 Å². The van der Waals surface area contributed by atoms with Crippen LogP contribution >= 0.6 is 0 Å². The standard InChI is InChI=1S/C15H20F4N2O3S/c1-10(2)25(23,24)20-8-4-3-5-14(22)21-11-6-7-12(13(16)9-11)15(17,18)19/h6-7,9-10,20H,3-5,8H2,1-2H3,(H,21,22). The molecule has 142 valence electrons. The molecule has 0 aliphatic rings. The van der Waals surface area contributed by atoms with Crippen molar-refractivity contribution < 1.29 is 30.8 Å². The Labute approximate surface area is 143 Å². The number of nitrogens with one attached hydrogen (secondary N) is 2. The van der Waals surface area contributed by atoms with Crippen LogP contribution in [0.25, 0.3) is 0 Å². The van der Waals surface area contributed by atoms with Gasteiger partial charge in [-0.05, 0) is 44.9 Å². The van der Waals surface area contributed by atoms with E-state index in [-0.39, 0.29) is 18.7 Å². The molecular weight excluding hydrogens is 364 g/mol. The lowest BCUT2D eigenvalue weighted by Crippen LogP contribution is -2.31. The van der Waals surface area contributed by atoms with Crippen LogP contribution in [0.5, 0.6) is 0 Å². The van der Waals surface area contributed by atoms with Crippen molar-refractivity contribution in [2.45, 2.75) is 44.5 Å². The highest BCUT2D eigenvalue weighted by molar-refractivity contribution is 7.90. The van der Waals surface area contributed by atoms with Gasteiger partial charge in [-0.3, -0.25) is 4.79 Å². The number of hydrogen-bond donors (Lipinski definition) is 2. The maximum atomic E-state index is 13.4. The van der Waals surface area contributed by atoms with Crippen LogP contribution in [0.1, 0.15) is 38.7 Å². The molecule has 25 heavy (non-hydrogen) atoms. The highest BCUT2D eigenvalue weighted by Gasteiger charge is 2.33. The number of alkyl halides is 3. The summed E-state index contributed by atoms with van der Waals surface area (Å²) in [6, 6.07) is 2.14. The summed E-state index contributed by atoms with van der Waals surface area (Å²) < 4.78 is 76.1. The summed E-state index contributed by atoms with van der Waals surface area (Å²) in [5, 5.41) is 1.75. The number of halogens is 4. The topological polar surface area (TPSA) is 75.3 Å². The zero-order valence-electron chi connectivity index (χ0n) is 13.8. The number of hydrogen-bond acceptors (Lipinski definition) is 3. The first-order chi connectivity index (χ1) is 11.4. The van der Waals surface area contributed by atoms with E-state index < -0.39 is 38.7 Å². The predicted octanol–water partition coefficient (Wildman–Crippen LogP) is 3.28. The van der Waals surface area contributed by atoms with Gasteiger partial charge in [-0.15, -0.1) is 0 Å². The molecule has 0 bridgehead atoms. The van der Waals surface area contributed by atoms with E-state index in [4.69, 9.17) is 0 Å². The molecule has 5 nitrogen and oxygen atoms in total. The Morgan fingerprint density at radius 2 is 1.84 bits per heavy atom. The van der Waals surface area contributed by atoms with Crippen LogP contribution in [0.3, 0.4) is 0 Å². The number of sulfonamides is 1. The van der Waals surface area contributed by atoms with Crippen LogP contribution in [0.4, 0.5) is 23.2 Å².